The lowest BCUT2D eigenvalue weighted by atomic mass is 9.98. The van der Waals surface area contributed by atoms with Gasteiger partial charge in [0.15, 0.2) is 0 Å². The molecule has 2 aliphatic rings. The molecular weight excluding hydrogens is 413 g/mol. The highest BCUT2D eigenvalue weighted by atomic mass is 19.3. The number of alkyl halides is 2. The number of nitrogens with zero attached hydrogens (tertiary/aromatic N) is 4. The Morgan fingerprint density at radius 1 is 1.16 bits per heavy atom. The van der Waals surface area contributed by atoms with Crippen LogP contribution in [0.4, 0.5) is 13.2 Å². The normalized spacial score (nSPS) is 17.8. The van der Waals surface area contributed by atoms with E-state index in [9.17, 15) is 23.1 Å². The highest BCUT2D eigenvalue weighted by molar-refractivity contribution is 5.99. The molecule has 1 saturated carbocycles. The number of pyridine rings is 1. The monoisotopic (exact) mass is 430 g/mol. The second-order valence-electron chi connectivity index (χ2n) is 7.74. The van der Waals surface area contributed by atoms with Gasteiger partial charge in [0.2, 0.25) is 11.8 Å². The van der Waals surface area contributed by atoms with Gasteiger partial charge in [-0.15, -0.1) is 10.2 Å². The maximum absolute atomic E-state index is 13.2. The first-order valence-corrected chi connectivity index (χ1v) is 9.77. The molecule has 1 fully saturated rings. The molecule has 1 amide bonds. The van der Waals surface area contributed by atoms with Gasteiger partial charge in [-0.05, 0) is 42.5 Å². The van der Waals surface area contributed by atoms with Crippen molar-refractivity contribution in [3.63, 3.8) is 0 Å². The van der Waals surface area contributed by atoms with Crippen LogP contribution in [-0.4, -0.2) is 37.1 Å². The molecule has 3 heterocycles. The molecule has 1 aliphatic heterocycles. The molecule has 0 saturated heterocycles. The minimum absolute atomic E-state index is 0.0967. The van der Waals surface area contributed by atoms with Crippen molar-refractivity contribution in [1.29, 1.82) is 0 Å². The number of aliphatic hydroxyl groups excluding tert-OH is 1. The van der Waals surface area contributed by atoms with Crippen molar-refractivity contribution in [2.45, 2.75) is 38.0 Å². The van der Waals surface area contributed by atoms with E-state index in [1.807, 2.05) is 0 Å². The van der Waals surface area contributed by atoms with E-state index < -0.39 is 30.4 Å². The molecule has 31 heavy (non-hydrogen) atoms. The lowest BCUT2D eigenvalue weighted by Crippen LogP contribution is -2.41. The van der Waals surface area contributed by atoms with Gasteiger partial charge in [0.25, 0.3) is 11.8 Å². The van der Waals surface area contributed by atoms with Crippen LogP contribution in [0.5, 0.6) is 0 Å². The summed E-state index contributed by atoms with van der Waals surface area (Å²) < 4.78 is 43.6. The Bertz CT molecular complexity index is 1130. The topological polar surface area (TPSA) is 92.4 Å². The fourth-order valence-electron chi connectivity index (χ4n) is 4.02. The lowest BCUT2D eigenvalue weighted by molar-refractivity contribution is 0.0291. The quantitative estimate of drug-likeness (QED) is 0.600. The van der Waals surface area contributed by atoms with Gasteiger partial charge in [-0.25, -0.2) is 4.98 Å². The lowest BCUT2D eigenvalue weighted by Gasteiger charge is -2.32. The summed E-state index contributed by atoms with van der Waals surface area (Å²) in [5, 5.41) is 17.9. The highest BCUT2D eigenvalue weighted by Gasteiger charge is 2.45. The molecule has 7 nitrogen and oxygen atoms in total. The summed E-state index contributed by atoms with van der Waals surface area (Å²) in [6, 6.07) is 7.04. The minimum atomic E-state index is -2.88. The minimum Gasteiger partial charge on any atom is -0.415 e. The molecule has 0 radical (unpaired) electrons. The summed E-state index contributed by atoms with van der Waals surface area (Å²) in [6.45, 7) is 0.299. The third-order valence-corrected chi connectivity index (χ3v) is 5.70. The number of halogens is 3. The van der Waals surface area contributed by atoms with E-state index in [0.717, 1.165) is 18.4 Å². The van der Waals surface area contributed by atoms with Gasteiger partial charge >= 0.3 is 6.43 Å². The summed E-state index contributed by atoms with van der Waals surface area (Å²) in [6.07, 6.45) is -0.866. The van der Waals surface area contributed by atoms with Crippen LogP contribution >= 0.6 is 0 Å². The van der Waals surface area contributed by atoms with Crippen LogP contribution in [0.15, 0.2) is 40.9 Å². The molecule has 160 valence electrons. The maximum atomic E-state index is 13.2. The van der Waals surface area contributed by atoms with Crippen molar-refractivity contribution in [1.82, 2.24) is 20.1 Å². The second-order valence-corrected chi connectivity index (χ2v) is 7.74. The third kappa shape index (κ3) is 3.56. The van der Waals surface area contributed by atoms with Gasteiger partial charge in [0.1, 0.15) is 6.10 Å². The van der Waals surface area contributed by atoms with Gasteiger partial charge in [-0.2, -0.15) is 13.2 Å². The largest absolute Gasteiger partial charge is 0.415 e. The molecule has 2 atom stereocenters. The molecule has 1 N–H and O–H groups in total. The number of hydrogen-bond acceptors (Lipinski definition) is 6. The fourth-order valence-corrected chi connectivity index (χ4v) is 4.02. The molecule has 3 aromatic rings. The van der Waals surface area contributed by atoms with Crippen molar-refractivity contribution in [3.05, 3.63) is 65.1 Å². The Balaban J connectivity index is 1.43. The van der Waals surface area contributed by atoms with E-state index in [2.05, 4.69) is 15.2 Å². The SMILES string of the molecule is O=C1c2cc(-c3nnc(C(F)F)o3)ccc2CN1C(C1CC1)C(O)c1ccc(F)nc1. The molecule has 1 aromatic carbocycles. The summed E-state index contributed by atoms with van der Waals surface area (Å²) in [5.74, 6) is -1.68. The zero-order chi connectivity index (χ0) is 21.7. The number of hydrogen-bond donors (Lipinski definition) is 1. The van der Waals surface area contributed by atoms with Crippen LogP contribution in [0.1, 0.15) is 52.7 Å². The maximum Gasteiger partial charge on any atom is 0.314 e. The van der Waals surface area contributed by atoms with Gasteiger partial charge in [0.05, 0.1) is 6.04 Å². The average molecular weight is 430 g/mol. The Labute approximate surface area is 174 Å². The molecule has 1 aliphatic carbocycles. The Morgan fingerprint density at radius 3 is 2.61 bits per heavy atom. The number of benzene rings is 1. The van der Waals surface area contributed by atoms with Gasteiger partial charge in [0, 0.05) is 29.4 Å². The van der Waals surface area contributed by atoms with E-state index in [0.29, 0.717) is 23.2 Å². The van der Waals surface area contributed by atoms with Crippen LogP contribution < -0.4 is 0 Å². The van der Waals surface area contributed by atoms with E-state index in [1.54, 1.807) is 17.0 Å². The number of aliphatic hydroxyl groups is 1. The molecule has 5 rings (SSSR count). The van der Waals surface area contributed by atoms with E-state index in [-0.39, 0.29) is 17.7 Å². The fraction of sp³-hybridized carbons (Fsp3) is 0.333. The van der Waals surface area contributed by atoms with Crippen LogP contribution in [0.25, 0.3) is 11.5 Å². The Morgan fingerprint density at radius 2 is 1.97 bits per heavy atom. The zero-order valence-corrected chi connectivity index (χ0v) is 16.1. The standard InChI is InChI=1S/C21H17F3N4O3/c22-15-6-5-12(8-25-15)17(29)16(10-1-2-10)28-9-13-4-3-11(7-14(13)21(28)30)19-26-27-20(31-19)18(23)24/h3-8,10,16-18,29H,1-2,9H2. The van der Waals surface area contributed by atoms with Gasteiger partial charge < -0.3 is 14.4 Å². The van der Waals surface area contributed by atoms with Crippen molar-refractivity contribution in [3.8, 4) is 11.5 Å². The predicted molar refractivity (Wildman–Crippen MR) is 100 cm³/mol. The Kier molecular flexibility index (Phi) is 4.73. The summed E-state index contributed by atoms with van der Waals surface area (Å²) in [5.41, 5.74) is 1.94. The van der Waals surface area contributed by atoms with Crippen LogP contribution in [0, 0.1) is 11.9 Å². The Hall–Kier alpha value is -3.27. The molecular formula is C21H17F3N4O3. The molecule has 10 heteroatoms. The first-order chi connectivity index (χ1) is 14.9. The number of carbonyl (C=O) groups is 1. The van der Waals surface area contributed by atoms with E-state index >= 15 is 0 Å². The molecule has 2 aromatic heterocycles. The number of amides is 1. The van der Waals surface area contributed by atoms with Gasteiger partial charge in [-0.1, -0.05) is 12.1 Å². The number of aromatic nitrogens is 3. The number of fused-ring (bicyclic) bond motifs is 1. The molecule has 2 unspecified atom stereocenters. The third-order valence-electron chi connectivity index (χ3n) is 5.70. The summed E-state index contributed by atoms with van der Waals surface area (Å²) >= 11 is 0. The average Bonchev–Trinajstić information content (AvgIpc) is 3.36. The summed E-state index contributed by atoms with van der Waals surface area (Å²) in [4.78, 5) is 18.4. The van der Waals surface area contributed by atoms with E-state index in [4.69, 9.17) is 4.42 Å². The van der Waals surface area contributed by atoms with E-state index in [1.165, 1.54) is 24.4 Å². The van der Waals surface area contributed by atoms with Crippen molar-refractivity contribution in [2.24, 2.45) is 5.92 Å². The summed E-state index contributed by atoms with van der Waals surface area (Å²) in [7, 11) is 0. The zero-order valence-electron chi connectivity index (χ0n) is 16.1. The van der Waals surface area contributed by atoms with Crippen LogP contribution in [0.2, 0.25) is 0 Å². The number of carbonyl (C=O) groups excluding carboxylic acids is 1. The number of rotatable bonds is 6. The van der Waals surface area contributed by atoms with Gasteiger partial charge in [-0.3, -0.25) is 4.79 Å². The molecule has 0 spiro atoms. The smallest absolute Gasteiger partial charge is 0.314 e. The van der Waals surface area contributed by atoms with Crippen molar-refractivity contribution in [2.75, 3.05) is 0 Å². The van der Waals surface area contributed by atoms with Crippen molar-refractivity contribution >= 4 is 5.91 Å². The first kappa shape index (κ1) is 19.7. The van der Waals surface area contributed by atoms with Crippen LogP contribution in [-0.2, 0) is 6.54 Å². The highest BCUT2D eigenvalue weighted by Crippen LogP contribution is 2.44. The predicted octanol–water partition coefficient (Wildman–Crippen LogP) is 3.68. The second kappa shape index (κ2) is 7.45. The van der Waals surface area contributed by atoms with Crippen LogP contribution in [0.3, 0.4) is 0 Å². The van der Waals surface area contributed by atoms with Crippen molar-refractivity contribution < 1.29 is 27.5 Å². The molecule has 0 bridgehead atoms. The first-order valence-electron chi connectivity index (χ1n) is 9.77.